The molecule has 1 aromatic heterocycles. The van der Waals surface area contributed by atoms with Crippen molar-refractivity contribution in [1.82, 2.24) is 4.98 Å². The molecule has 3 amide bonds. The largest absolute Gasteiger partial charge is 0.573 e. The normalized spacial score (nSPS) is 13.6. The van der Waals surface area contributed by atoms with Crippen LogP contribution in [0.5, 0.6) is 5.75 Å². The van der Waals surface area contributed by atoms with E-state index in [1.807, 2.05) is 36.4 Å². The van der Waals surface area contributed by atoms with Gasteiger partial charge in [-0.15, -0.1) is 13.2 Å². The Labute approximate surface area is 214 Å². The smallest absolute Gasteiger partial charge is 0.406 e. The number of alkyl halides is 3. The lowest BCUT2D eigenvalue weighted by molar-refractivity contribution is -0.274. The average molecular weight is 519 g/mol. The molecule has 0 spiro atoms. The van der Waals surface area contributed by atoms with E-state index in [4.69, 9.17) is 0 Å². The number of rotatable bonds is 6. The van der Waals surface area contributed by atoms with E-state index in [1.54, 1.807) is 30.5 Å². The third-order valence-electron chi connectivity index (χ3n) is 5.48. The zero-order valence-corrected chi connectivity index (χ0v) is 19.5. The van der Waals surface area contributed by atoms with Crippen molar-refractivity contribution in [3.63, 3.8) is 0 Å². The predicted octanol–water partition coefficient (Wildman–Crippen LogP) is 6.79. The predicted molar refractivity (Wildman–Crippen MR) is 139 cm³/mol. The second-order valence-electron chi connectivity index (χ2n) is 8.26. The van der Waals surface area contributed by atoms with Crippen LogP contribution in [0.1, 0.15) is 11.3 Å². The van der Waals surface area contributed by atoms with E-state index in [0.29, 0.717) is 22.6 Å². The number of amides is 3. The lowest BCUT2D eigenvalue weighted by atomic mass is 10.1. The molecule has 0 atom stereocenters. The molecule has 38 heavy (non-hydrogen) atoms. The maximum absolute atomic E-state index is 12.5. The van der Waals surface area contributed by atoms with E-state index in [-0.39, 0.29) is 17.3 Å². The Morgan fingerprint density at radius 2 is 1.55 bits per heavy atom. The Balaban J connectivity index is 1.22. The maximum Gasteiger partial charge on any atom is 0.573 e. The van der Waals surface area contributed by atoms with Crippen LogP contribution in [0.15, 0.2) is 85.1 Å². The van der Waals surface area contributed by atoms with Gasteiger partial charge in [0, 0.05) is 40.2 Å². The molecule has 0 saturated heterocycles. The summed E-state index contributed by atoms with van der Waals surface area (Å²) in [7, 11) is 0. The number of ether oxygens (including phenoxy) is 1. The summed E-state index contributed by atoms with van der Waals surface area (Å²) in [5, 5.41) is 11.3. The summed E-state index contributed by atoms with van der Waals surface area (Å²) >= 11 is 0. The van der Waals surface area contributed by atoms with Crippen molar-refractivity contribution in [1.29, 1.82) is 0 Å². The Morgan fingerprint density at radius 1 is 0.842 bits per heavy atom. The monoisotopic (exact) mass is 519 g/mol. The van der Waals surface area contributed by atoms with Gasteiger partial charge in [-0.05, 0) is 72.8 Å². The first kappa shape index (κ1) is 24.5. The van der Waals surface area contributed by atoms with Gasteiger partial charge in [0.05, 0.1) is 11.3 Å². The van der Waals surface area contributed by atoms with Crippen LogP contribution in [-0.4, -0.2) is 23.3 Å². The molecule has 0 bridgehead atoms. The van der Waals surface area contributed by atoms with Crippen molar-refractivity contribution in [3.8, 4) is 5.75 Å². The first-order chi connectivity index (χ1) is 18.2. The highest BCUT2D eigenvalue weighted by Gasteiger charge is 2.31. The Bertz CT molecular complexity index is 1510. The lowest BCUT2D eigenvalue weighted by Crippen LogP contribution is -2.19. The Kier molecular flexibility index (Phi) is 6.48. The third-order valence-corrected chi connectivity index (χ3v) is 5.48. The molecule has 1 aliphatic rings. The van der Waals surface area contributed by atoms with Crippen LogP contribution in [0.25, 0.3) is 11.6 Å². The lowest BCUT2D eigenvalue weighted by Gasteiger charge is -2.12. The summed E-state index contributed by atoms with van der Waals surface area (Å²) in [6, 6.07) is 20.4. The molecule has 0 aliphatic carbocycles. The summed E-state index contributed by atoms with van der Waals surface area (Å²) in [5.41, 5.74) is 5.04. The molecule has 4 aromatic rings. The number of carbonyl (C=O) groups is 2. The van der Waals surface area contributed by atoms with Crippen LogP contribution in [-0.2, 0) is 4.79 Å². The van der Waals surface area contributed by atoms with Gasteiger partial charge in [-0.1, -0.05) is 12.1 Å². The van der Waals surface area contributed by atoms with Crippen molar-refractivity contribution < 1.29 is 27.5 Å². The summed E-state index contributed by atoms with van der Waals surface area (Å²) in [6.45, 7) is 0. The first-order valence-corrected chi connectivity index (χ1v) is 11.3. The summed E-state index contributed by atoms with van der Waals surface area (Å²) in [5.74, 6) is -0.576. The van der Waals surface area contributed by atoms with Crippen molar-refractivity contribution in [2.75, 3.05) is 21.3 Å². The molecule has 0 fully saturated rings. The van der Waals surface area contributed by atoms with E-state index in [1.165, 1.54) is 12.1 Å². The van der Waals surface area contributed by atoms with Gasteiger partial charge in [0.1, 0.15) is 5.75 Å². The van der Waals surface area contributed by atoms with Gasteiger partial charge < -0.3 is 31.0 Å². The SMILES string of the molecule is O=C(Nc1ccc(OC(F)(F)F)cc1)Nc1cccc(Nc2ccc3c(c2)NC(=O)/C3=C\c2ccc[nH]2)c1. The van der Waals surface area contributed by atoms with E-state index in [2.05, 4.69) is 31.0 Å². The number of fused-ring (bicyclic) bond motifs is 1. The quantitative estimate of drug-likeness (QED) is 0.181. The maximum atomic E-state index is 12.5. The highest BCUT2D eigenvalue weighted by atomic mass is 19.4. The van der Waals surface area contributed by atoms with Crippen LogP contribution in [0.3, 0.4) is 0 Å². The highest BCUT2D eigenvalue weighted by molar-refractivity contribution is 6.35. The van der Waals surface area contributed by atoms with Crippen molar-refractivity contribution in [2.24, 2.45) is 0 Å². The standard InChI is InChI=1S/C27H20F3N5O3/c28-27(29,30)38-21-9-6-16(7-10-21)33-26(37)34-19-4-1-3-18(13-19)32-20-8-11-22-23(14-17-5-2-12-31-17)25(36)35-24(22)15-20/h1-15,31-32H,(H,35,36)(H2,33,34,37)/b23-14-. The molecule has 3 aromatic carbocycles. The number of aromatic nitrogens is 1. The number of carbonyl (C=O) groups excluding carboxylic acids is 2. The van der Waals surface area contributed by atoms with Gasteiger partial charge in [0.25, 0.3) is 5.91 Å². The van der Waals surface area contributed by atoms with Crippen LogP contribution in [0, 0.1) is 0 Å². The minimum atomic E-state index is -4.79. The zero-order chi connectivity index (χ0) is 26.7. The number of urea groups is 1. The second kappa shape index (κ2) is 10.1. The zero-order valence-electron chi connectivity index (χ0n) is 19.5. The van der Waals surface area contributed by atoms with E-state index in [9.17, 15) is 22.8 Å². The minimum Gasteiger partial charge on any atom is -0.406 e. The fourth-order valence-corrected chi connectivity index (χ4v) is 3.88. The first-order valence-electron chi connectivity index (χ1n) is 11.3. The number of anilines is 5. The molecule has 1 aliphatic heterocycles. The van der Waals surface area contributed by atoms with E-state index >= 15 is 0 Å². The topological polar surface area (TPSA) is 107 Å². The van der Waals surface area contributed by atoms with Crippen molar-refractivity contribution in [3.05, 3.63) is 96.3 Å². The van der Waals surface area contributed by atoms with Crippen molar-refractivity contribution >= 4 is 52.0 Å². The number of hydrogen-bond donors (Lipinski definition) is 5. The molecule has 2 heterocycles. The summed E-state index contributed by atoms with van der Waals surface area (Å²) < 4.78 is 40.7. The Hall–Kier alpha value is -5.19. The van der Waals surface area contributed by atoms with Gasteiger partial charge in [0.15, 0.2) is 0 Å². The molecule has 0 saturated carbocycles. The summed E-state index contributed by atoms with van der Waals surface area (Å²) in [4.78, 5) is 27.9. The minimum absolute atomic E-state index is 0.188. The van der Waals surface area contributed by atoms with Gasteiger partial charge in [-0.3, -0.25) is 4.79 Å². The fourth-order valence-electron chi connectivity index (χ4n) is 3.88. The number of halogens is 3. The van der Waals surface area contributed by atoms with Crippen LogP contribution < -0.4 is 26.0 Å². The number of nitrogens with one attached hydrogen (secondary N) is 5. The molecular weight excluding hydrogens is 499 g/mol. The third kappa shape index (κ3) is 5.95. The molecule has 11 heteroatoms. The number of benzene rings is 3. The molecule has 8 nitrogen and oxygen atoms in total. The van der Waals surface area contributed by atoms with Gasteiger partial charge in [0.2, 0.25) is 0 Å². The summed E-state index contributed by atoms with van der Waals surface area (Å²) in [6.07, 6.45) is -1.21. The average Bonchev–Trinajstić information content (AvgIpc) is 3.47. The van der Waals surface area contributed by atoms with E-state index < -0.39 is 12.4 Å². The molecule has 5 N–H and O–H groups in total. The van der Waals surface area contributed by atoms with Gasteiger partial charge in [-0.25, -0.2) is 4.79 Å². The van der Waals surface area contributed by atoms with E-state index in [0.717, 1.165) is 29.1 Å². The number of H-pyrrole nitrogens is 1. The Morgan fingerprint density at radius 3 is 2.29 bits per heavy atom. The molecule has 0 radical (unpaired) electrons. The molecule has 5 rings (SSSR count). The highest BCUT2D eigenvalue weighted by Crippen LogP contribution is 2.35. The van der Waals surface area contributed by atoms with Crippen LogP contribution >= 0.6 is 0 Å². The van der Waals surface area contributed by atoms with Crippen LogP contribution in [0.4, 0.5) is 46.4 Å². The fraction of sp³-hybridized carbons (Fsp3) is 0.0370. The van der Waals surface area contributed by atoms with Gasteiger partial charge in [-0.2, -0.15) is 0 Å². The molecular formula is C27H20F3N5O3. The number of hydrogen-bond acceptors (Lipinski definition) is 4. The van der Waals surface area contributed by atoms with Gasteiger partial charge >= 0.3 is 12.4 Å². The number of aromatic amines is 1. The van der Waals surface area contributed by atoms with Crippen LogP contribution in [0.2, 0.25) is 0 Å². The molecule has 192 valence electrons. The second-order valence-corrected chi connectivity index (χ2v) is 8.26. The van der Waals surface area contributed by atoms with Crippen molar-refractivity contribution in [2.45, 2.75) is 6.36 Å². The molecule has 0 unspecified atom stereocenters.